The average Bonchev–Trinajstić information content (AvgIpc) is 2.76. The van der Waals surface area contributed by atoms with Crippen LogP contribution < -0.4 is 0 Å². The maximum absolute atomic E-state index is 13.3. The molecule has 1 fully saturated rings. The van der Waals surface area contributed by atoms with Crippen LogP contribution in [0.5, 0.6) is 0 Å². The molecular weight excluding hydrogens is 247 g/mol. The molecule has 3 rings (SSSR count). The summed E-state index contributed by atoms with van der Waals surface area (Å²) < 4.78 is 20.2. The van der Waals surface area contributed by atoms with Crippen LogP contribution in [-0.4, -0.2) is 41.7 Å². The molecule has 1 aromatic heterocycles. The van der Waals surface area contributed by atoms with Gasteiger partial charge in [-0.3, -0.25) is 4.79 Å². The molecule has 1 aromatic carbocycles. The molecular formula is C14H15FN2O2. The van der Waals surface area contributed by atoms with Crippen LogP contribution in [0.4, 0.5) is 4.39 Å². The molecule has 4 nitrogen and oxygen atoms in total. The lowest BCUT2D eigenvalue weighted by molar-refractivity contribution is 0.0297. The summed E-state index contributed by atoms with van der Waals surface area (Å²) in [7, 11) is 1.79. The molecule has 0 aliphatic carbocycles. The van der Waals surface area contributed by atoms with Crippen LogP contribution in [-0.2, 0) is 11.8 Å². The van der Waals surface area contributed by atoms with Crippen molar-refractivity contribution in [2.45, 2.75) is 0 Å². The van der Waals surface area contributed by atoms with Crippen LogP contribution in [0.1, 0.15) is 10.5 Å². The maximum atomic E-state index is 13.3. The van der Waals surface area contributed by atoms with E-state index < -0.39 is 0 Å². The van der Waals surface area contributed by atoms with E-state index in [1.54, 1.807) is 22.6 Å². The monoisotopic (exact) mass is 262 g/mol. The number of hydrogen-bond donors (Lipinski definition) is 0. The largest absolute Gasteiger partial charge is 0.378 e. The number of morpholine rings is 1. The predicted octanol–water partition coefficient (Wildman–Crippen LogP) is 1.79. The molecule has 0 bridgehead atoms. The van der Waals surface area contributed by atoms with Crippen molar-refractivity contribution >= 4 is 16.8 Å². The van der Waals surface area contributed by atoms with Crippen molar-refractivity contribution in [2.75, 3.05) is 26.3 Å². The number of halogens is 1. The van der Waals surface area contributed by atoms with Gasteiger partial charge in [0.2, 0.25) is 0 Å². The van der Waals surface area contributed by atoms with Gasteiger partial charge in [0, 0.05) is 25.5 Å². The Balaban J connectivity index is 2.00. The molecule has 0 unspecified atom stereocenters. The van der Waals surface area contributed by atoms with E-state index in [1.807, 2.05) is 6.07 Å². The van der Waals surface area contributed by atoms with Crippen LogP contribution in [0.15, 0.2) is 24.3 Å². The Morgan fingerprint density at radius 3 is 2.74 bits per heavy atom. The number of nitrogens with zero attached hydrogens (tertiary/aromatic N) is 2. The highest BCUT2D eigenvalue weighted by Crippen LogP contribution is 2.21. The number of rotatable bonds is 1. The number of hydrogen-bond acceptors (Lipinski definition) is 2. The first-order valence-corrected chi connectivity index (χ1v) is 6.29. The molecule has 2 aromatic rings. The van der Waals surface area contributed by atoms with Crippen molar-refractivity contribution in [2.24, 2.45) is 7.05 Å². The minimum absolute atomic E-state index is 0.0255. The Morgan fingerprint density at radius 2 is 2.00 bits per heavy atom. The lowest BCUT2D eigenvalue weighted by Gasteiger charge is -2.26. The summed E-state index contributed by atoms with van der Waals surface area (Å²) in [6.45, 7) is 2.36. The second-order valence-electron chi connectivity index (χ2n) is 4.70. The molecule has 0 saturated carbocycles. The third-order valence-electron chi connectivity index (χ3n) is 3.52. The van der Waals surface area contributed by atoms with Gasteiger partial charge in [0.25, 0.3) is 5.91 Å². The lowest BCUT2D eigenvalue weighted by Crippen LogP contribution is -2.41. The number of aromatic nitrogens is 1. The molecule has 19 heavy (non-hydrogen) atoms. The van der Waals surface area contributed by atoms with Crippen LogP contribution >= 0.6 is 0 Å². The summed E-state index contributed by atoms with van der Waals surface area (Å²) in [4.78, 5) is 14.2. The summed E-state index contributed by atoms with van der Waals surface area (Å²) in [5, 5.41) is 0.875. The zero-order valence-corrected chi connectivity index (χ0v) is 10.7. The first kappa shape index (κ1) is 12.2. The molecule has 1 saturated heterocycles. The van der Waals surface area contributed by atoms with E-state index in [4.69, 9.17) is 4.74 Å². The van der Waals surface area contributed by atoms with Crippen LogP contribution in [0.3, 0.4) is 0 Å². The van der Waals surface area contributed by atoms with Gasteiger partial charge in [0.05, 0.1) is 18.7 Å². The number of aryl methyl sites for hydroxylation is 1. The normalized spacial score (nSPS) is 16.0. The van der Waals surface area contributed by atoms with Gasteiger partial charge in [-0.1, -0.05) is 0 Å². The number of carbonyl (C=O) groups is 1. The molecule has 0 N–H and O–H groups in total. The molecule has 0 spiro atoms. The first-order chi connectivity index (χ1) is 9.16. The highest BCUT2D eigenvalue weighted by molar-refractivity contribution is 5.98. The number of amides is 1. The fraction of sp³-hybridized carbons (Fsp3) is 0.357. The second kappa shape index (κ2) is 4.66. The Kier molecular flexibility index (Phi) is 2.98. The highest BCUT2D eigenvalue weighted by Gasteiger charge is 2.21. The zero-order chi connectivity index (χ0) is 13.4. The summed E-state index contributed by atoms with van der Waals surface area (Å²) >= 11 is 0. The molecule has 100 valence electrons. The SMILES string of the molecule is Cn1c(C(=O)N2CCOCC2)cc2ccc(F)cc21. The van der Waals surface area contributed by atoms with Crippen LogP contribution in [0, 0.1) is 5.82 Å². The first-order valence-electron chi connectivity index (χ1n) is 6.29. The van der Waals surface area contributed by atoms with Gasteiger partial charge < -0.3 is 14.2 Å². The molecule has 1 amide bonds. The Labute approximate surface area is 110 Å². The van der Waals surface area contributed by atoms with E-state index in [0.717, 1.165) is 10.9 Å². The van der Waals surface area contributed by atoms with Gasteiger partial charge in [-0.2, -0.15) is 0 Å². The summed E-state index contributed by atoms with van der Waals surface area (Å²) in [5.41, 5.74) is 1.32. The molecule has 0 radical (unpaired) electrons. The summed E-state index contributed by atoms with van der Waals surface area (Å²) in [6, 6.07) is 6.37. The zero-order valence-electron chi connectivity index (χ0n) is 10.7. The average molecular weight is 262 g/mol. The van der Waals surface area contributed by atoms with E-state index in [2.05, 4.69) is 0 Å². The Hall–Kier alpha value is -1.88. The third kappa shape index (κ3) is 2.10. The van der Waals surface area contributed by atoms with Crippen molar-refractivity contribution in [1.29, 1.82) is 0 Å². The molecule has 5 heteroatoms. The quantitative estimate of drug-likeness (QED) is 0.785. The molecule has 1 aliphatic rings. The standard InChI is InChI=1S/C14H15FN2O2/c1-16-12-9-11(15)3-2-10(12)8-13(16)14(18)17-4-6-19-7-5-17/h2-3,8-9H,4-7H2,1H3. The van der Waals surface area contributed by atoms with Gasteiger partial charge in [-0.25, -0.2) is 4.39 Å². The van der Waals surface area contributed by atoms with Crippen molar-refractivity contribution in [1.82, 2.24) is 9.47 Å². The van der Waals surface area contributed by atoms with Crippen molar-refractivity contribution < 1.29 is 13.9 Å². The smallest absolute Gasteiger partial charge is 0.270 e. The number of benzene rings is 1. The van der Waals surface area contributed by atoms with E-state index >= 15 is 0 Å². The minimum atomic E-state index is -0.293. The third-order valence-corrected chi connectivity index (χ3v) is 3.52. The lowest BCUT2D eigenvalue weighted by atomic mass is 10.2. The van der Waals surface area contributed by atoms with Gasteiger partial charge in [0.1, 0.15) is 11.5 Å². The Morgan fingerprint density at radius 1 is 1.26 bits per heavy atom. The molecule has 0 atom stereocenters. The van der Waals surface area contributed by atoms with Gasteiger partial charge in [-0.05, 0) is 24.3 Å². The molecule has 2 heterocycles. The fourth-order valence-corrected chi connectivity index (χ4v) is 2.44. The van der Waals surface area contributed by atoms with E-state index in [0.29, 0.717) is 32.0 Å². The number of fused-ring (bicyclic) bond motifs is 1. The van der Waals surface area contributed by atoms with E-state index in [-0.39, 0.29) is 11.7 Å². The second-order valence-corrected chi connectivity index (χ2v) is 4.70. The van der Waals surface area contributed by atoms with E-state index in [9.17, 15) is 9.18 Å². The van der Waals surface area contributed by atoms with E-state index in [1.165, 1.54) is 12.1 Å². The van der Waals surface area contributed by atoms with Gasteiger partial charge in [-0.15, -0.1) is 0 Å². The Bertz CT molecular complexity index is 630. The topological polar surface area (TPSA) is 34.5 Å². The van der Waals surface area contributed by atoms with Crippen molar-refractivity contribution in [3.63, 3.8) is 0 Å². The number of ether oxygens (including phenoxy) is 1. The fourth-order valence-electron chi connectivity index (χ4n) is 2.44. The summed E-state index contributed by atoms with van der Waals surface area (Å²) in [6.07, 6.45) is 0. The molecule has 1 aliphatic heterocycles. The predicted molar refractivity (Wildman–Crippen MR) is 69.6 cm³/mol. The van der Waals surface area contributed by atoms with Crippen LogP contribution in [0.25, 0.3) is 10.9 Å². The maximum Gasteiger partial charge on any atom is 0.270 e. The minimum Gasteiger partial charge on any atom is -0.378 e. The van der Waals surface area contributed by atoms with Crippen molar-refractivity contribution in [3.05, 3.63) is 35.8 Å². The number of carbonyl (C=O) groups excluding carboxylic acids is 1. The van der Waals surface area contributed by atoms with Crippen LogP contribution in [0.2, 0.25) is 0 Å². The highest BCUT2D eigenvalue weighted by atomic mass is 19.1. The van der Waals surface area contributed by atoms with Crippen molar-refractivity contribution in [3.8, 4) is 0 Å². The van der Waals surface area contributed by atoms with Gasteiger partial charge >= 0.3 is 0 Å². The summed E-state index contributed by atoms with van der Waals surface area (Å²) in [5.74, 6) is -0.318. The van der Waals surface area contributed by atoms with Gasteiger partial charge in [0.15, 0.2) is 0 Å².